The smallest absolute Gasteiger partial charge is 0.221 e. The highest BCUT2D eigenvalue weighted by Crippen LogP contribution is 2.18. The average Bonchev–Trinajstić information content (AvgIpc) is 1.88. The third kappa shape index (κ3) is 2.67. The van der Waals surface area contributed by atoms with Gasteiger partial charge >= 0.3 is 0 Å². The number of hydrogen-bond donors (Lipinski definition) is 0. The zero-order valence-electron chi connectivity index (χ0n) is 5.81. The maximum Gasteiger partial charge on any atom is 0.221 e. The molecule has 0 aliphatic carbocycles. The molecular formula is C7H11ClO2. The summed E-state index contributed by atoms with van der Waals surface area (Å²) in [7, 11) is 0. The molecule has 58 valence electrons. The summed E-state index contributed by atoms with van der Waals surface area (Å²) in [4.78, 5) is 10.4. The van der Waals surface area contributed by atoms with E-state index in [4.69, 9.17) is 16.3 Å². The van der Waals surface area contributed by atoms with Gasteiger partial charge in [0.15, 0.2) is 0 Å². The summed E-state index contributed by atoms with van der Waals surface area (Å²) in [5.41, 5.74) is 0. The molecule has 0 spiro atoms. The molecule has 0 radical (unpaired) electrons. The molecule has 1 fully saturated rings. The van der Waals surface area contributed by atoms with E-state index in [0.717, 1.165) is 26.1 Å². The lowest BCUT2D eigenvalue weighted by Crippen LogP contribution is -2.17. The predicted molar refractivity (Wildman–Crippen MR) is 39.0 cm³/mol. The zero-order valence-corrected chi connectivity index (χ0v) is 6.56. The van der Waals surface area contributed by atoms with Crippen molar-refractivity contribution in [3.63, 3.8) is 0 Å². The molecule has 0 amide bonds. The van der Waals surface area contributed by atoms with Gasteiger partial charge < -0.3 is 4.74 Å². The van der Waals surface area contributed by atoms with Crippen LogP contribution in [0, 0.1) is 5.92 Å². The summed E-state index contributed by atoms with van der Waals surface area (Å²) < 4.78 is 5.13. The molecule has 0 N–H and O–H groups in total. The van der Waals surface area contributed by atoms with E-state index in [1.807, 2.05) is 0 Å². The summed E-state index contributed by atoms with van der Waals surface area (Å²) in [5, 5.41) is -0.216. The van der Waals surface area contributed by atoms with Gasteiger partial charge in [0.1, 0.15) is 0 Å². The molecule has 0 saturated carbocycles. The topological polar surface area (TPSA) is 26.3 Å². The van der Waals surface area contributed by atoms with Gasteiger partial charge in [0.25, 0.3) is 0 Å². The fourth-order valence-corrected chi connectivity index (χ4v) is 1.40. The Kier molecular flexibility index (Phi) is 3.16. The van der Waals surface area contributed by atoms with Crippen LogP contribution >= 0.6 is 11.6 Å². The maximum atomic E-state index is 10.4. The van der Waals surface area contributed by atoms with E-state index >= 15 is 0 Å². The molecule has 0 unspecified atom stereocenters. The molecule has 1 aliphatic heterocycles. The van der Waals surface area contributed by atoms with Gasteiger partial charge in [0.05, 0.1) is 0 Å². The second kappa shape index (κ2) is 3.94. The van der Waals surface area contributed by atoms with Crippen LogP contribution in [-0.2, 0) is 9.53 Å². The summed E-state index contributed by atoms with van der Waals surface area (Å²) in [6.07, 6.45) is 2.49. The summed E-state index contributed by atoms with van der Waals surface area (Å²) in [5.74, 6) is 0.471. The van der Waals surface area contributed by atoms with Crippen LogP contribution in [-0.4, -0.2) is 18.5 Å². The normalized spacial score (nSPS) is 20.9. The fraction of sp³-hybridized carbons (Fsp3) is 0.857. The number of ether oxygens (including phenoxy) is 1. The van der Waals surface area contributed by atoms with Gasteiger partial charge in [-0.15, -0.1) is 0 Å². The predicted octanol–water partition coefficient (Wildman–Crippen LogP) is 1.57. The first-order chi connectivity index (χ1) is 4.79. The SMILES string of the molecule is O=C(Cl)CC1CCOCC1. The van der Waals surface area contributed by atoms with Crippen LogP contribution < -0.4 is 0 Å². The summed E-state index contributed by atoms with van der Waals surface area (Å²) in [6.45, 7) is 1.57. The first-order valence-corrected chi connectivity index (χ1v) is 3.93. The number of halogens is 1. The Morgan fingerprint density at radius 2 is 2.10 bits per heavy atom. The lowest BCUT2D eigenvalue weighted by molar-refractivity contribution is -0.113. The maximum absolute atomic E-state index is 10.4. The van der Waals surface area contributed by atoms with Gasteiger partial charge in [-0.3, -0.25) is 4.79 Å². The lowest BCUT2D eigenvalue weighted by atomic mass is 9.97. The molecule has 0 aromatic rings. The van der Waals surface area contributed by atoms with Crippen LogP contribution in [0.4, 0.5) is 0 Å². The van der Waals surface area contributed by atoms with E-state index < -0.39 is 0 Å². The van der Waals surface area contributed by atoms with Crippen LogP contribution in [0.2, 0.25) is 0 Å². The van der Waals surface area contributed by atoms with Crippen molar-refractivity contribution < 1.29 is 9.53 Å². The van der Waals surface area contributed by atoms with Crippen LogP contribution in [0.5, 0.6) is 0 Å². The molecule has 2 nitrogen and oxygen atoms in total. The van der Waals surface area contributed by atoms with Crippen molar-refractivity contribution in [2.24, 2.45) is 5.92 Å². The third-order valence-corrected chi connectivity index (χ3v) is 1.94. The molecule has 1 aliphatic rings. The van der Waals surface area contributed by atoms with E-state index in [9.17, 15) is 4.79 Å². The van der Waals surface area contributed by atoms with Crippen molar-refractivity contribution in [1.29, 1.82) is 0 Å². The largest absolute Gasteiger partial charge is 0.381 e. The molecule has 0 aromatic heterocycles. The average molecular weight is 163 g/mol. The van der Waals surface area contributed by atoms with Crippen LogP contribution in [0.1, 0.15) is 19.3 Å². The highest BCUT2D eigenvalue weighted by molar-refractivity contribution is 6.63. The monoisotopic (exact) mass is 162 g/mol. The Morgan fingerprint density at radius 3 is 2.60 bits per heavy atom. The van der Waals surface area contributed by atoms with Gasteiger partial charge in [-0.2, -0.15) is 0 Å². The Balaban J connectivity index is 2.19. The van der Waals surface area contributed by atoms with E-state index in [2.05, 4.69) is 0 Å². The van der Waals surface area contributed by atoms with Gasteiger partial charge in [0, 0.05) is 19.6 Å². The lowest BCUT2D eigenvalue weighted by Gasteiger charge is -2.19. The molecule has 0 atom stereocenters. The van der Waals surface area contributed by atoms with Crippen LogP contribution in [0.3, 0.4) is 0 Å². The molecular weight excluding hydrogens is 152 g/mol. The van der Waals surface area contributed by atoms with Crippen molar-refractivity contribution >= 4 is 16.8 Å². The molecule has 1 rings (SSSR count). The van der Waals surface area contributed by atoms with Gasteiger partial charge in [-0.05, 0) is 30.4 Å². The van der Waals surface area contributed by atoms with Crippen LogP contribution in [0.15, 0.2) is 0 Å². The Morgan fingerprint density at radius 1 is 1.50 bits per heavy atom. The highest BCUT2D eigenvalue weighted by atomic mass is 35.5. The number of carbonyl (C=O) groups is 1. The van der Waals surface area contributed by atoms with E-state index in [-0.39, 0.29) is 5.24 Å². The van der Waals surface area contributed by atoms with E-state index in [1.54, 1.807) is 0 Å². The van der Waals surface area contributed by atoms with E-state index in [0.29, 0.717) is 12.3 Å². The van der Waals surface area contributed by atoms with Gasteiger partial charge in [-0.25, -0.2) is 0 Å². The first kappa shape index (κ1) is 8.02. The van der Waals surface area contributed by atoms with Crippen molar-refractivity contribution in [3.8, 4) is 0 Å². The van der Waals surface area contributed by atoms with Gasteiger partial charge in [-0.1, -0.05) is 0 Å². The second-order valence-corrected chi connectivity index (χ2v) is 3.04. The van der Waals surface area contributed by atoms with Crippen molar-refractivity contribution in [1.82, 2.24) is 0 Å². The van der Waals surface area contributed by atoms with Gasteiger partial charge in [0.2, 0.25) is 5.24 Å². The molecule has 0 aromatic carbocycles. The minimum atomic E-state index is -0.216. The van der Waals surface area contributed by atoms with Crippen molar-refractivity contribution in [3.05, 3.63) is 0 Å². The molecule has 10 heavy (non-hydrogen) atoms. The Hall–Kier alpha value is -0.0800. The minimum absolute atomic E-state index is 0.216. The minimum Gasteiger partial charge on any atom is -0.381 e. The molecule has 1 heterocycles. The summed E-state index contributed by atoms with van der Waals surface area (Å²) >= 11 is 5.23. The number of rotatable bonds is 2. The summed E-state index contributed by atoms with van der Waals surface area (Å²) in [6, 6.07) is 0. The van der Waals surface area contributed by atoms with Crippen LogP contribution in [0.25, 0.3) is 0 Å². The Bertz CT molecular complexity index is 119. The third-order valence-electron chi connectivity index (χ3n) is 1.79. The number of hydrogen-bond acceptors (Lipinski definition) is 2. The zero-order chi connectivity index (χ0) is 7.40. The van der Waals surface area contributed by atoms with Crippen molar-refractivity contribution in [2.45, 2.75) is 19.3 Å². The standard InChI is InChI=1S/C7H11ClO2/c8-7(9)5-6-1-3-10-4-2-6/h6H,1-5H2. The Labute approximate surface area is 65.5 Å². The first-order valence-electron chi connectivity index (χ1n) is 3.55. The quantitative estimate of drug-likeness (QED) is 0.577. The molecule has 0 bridgehead atoms. The molecule has 3 heteroatoms. The second-order valence-electron chi connectivity index (χ2n) is 2.61. The fourth-order valence-electron chi connectivity index (χ4n) is 1.18. The van der Waals surface area contributed by atoms with Crippen molar-refractivity contribution in [2.75, 3.05) is 13.2 Å². The highest BCUT2D eigenvalue weighted by Gasteiger charge is 2.15. The number of carbonyl (C=O) groups excluding carboxylic acids is 1. The van der Waals surface area contributed by atoms with E-state index in [1.165, 1.54) is 0 Å². The molecule has 1 saturated heterocycles.